The molecule has 16 heavy (non-hydrogen) atoms. The quantitative estimate of drug-likeness (QED) is 0.614. The second kappa shape index (κ2) is 5.83. The Hall–Kier alpha value is -1.11. The normalized spacial score (nSPS) is 23.8. The van der Waals surface area contributed by atoms with Crippen LogP contribution in [0.25, 0.3) is 0 Å². The van der Waals surface area contributed by atoms with E-state index < -0.39 is 0 Å². The third-order valence-electron chi connectivity index (χ3n) is 3.46. The van der Waals surface area contributed by atoms with Crippen molar-refractivity contribution in [2.45, 2.75) is 38.5 Å². The topological polar surface area (TPSA) is 17.1 Å². The fraction of sp³-hybridized carbons (Fsp3) is 0.533. The Morgan fingerprint density at radius 3 is 2.31 bits per heavy atom. The number of allylic oxidation sites excluding steroid dienone is 3. The van der Waals surface area contributed by atoms with E-state index in [1.54, 1.807) is 0 Å². The first-order valence-electron chi connectivity index (χ1n) is 6.00. The highest BCUT2D eigenvalue weighted by atomic mass is 16.1. The van der Waals surface area contributed by atoms with Crippen molar-refractivity contribution in [3.63, 3.8) is 0 Å². The summed E-state index contributed by atoms with van der Waals surface area (Å²) in [4.78, 5) is 11.8. The van der Waals surface area contributed by atoms with Crippen molar-refractivity contribution >= 4 is 5.78 Å². The smallest absolute Gasteiger partial charge is 0.133 e. The Kier molecular flexibility index (Phi) is 4.72. The molecule has 0 aliphatic heterocycles. The first-order chi connectivity index (χ1) is 7.65. The molecule has 0 heterocycles. The third kappa shape index (κ3) is 3.19. The van der Waals surface area contributed by atoms with Crippen LogP contribution < -0.4 is 0 Å². The molecule has 1 heteroatoms. The molecule has 0 saturated heterocycles. The van der Waals surface area contributed by atoms with Crippen molar-refractivity contribution in [1.82, 2.24) is 0 Å². The zero-order valence-electron chi connectivity index (χ0n) is 10.1. The summed E-state index contributed by atoms with van der Waals surface area (Å²) in [6, 6.07) is 0. The van der Waals surface area contributed by atoms with Crippen LogP contribution in [0.15, 0.2) is 38.0 Å². The van der Waals surface area contributed by atoms with Gasteiger partial charge in [-0.05, 0) is 37.0 Å². The molecule has 1 rings (SSSR count). The first-order valence-corrected chi connectivity index (χ1v) is 6.00. The molecule has 0 aromatic carbocycles. The fourth-order valence-electron chi connectivity index (χ4n) is 2.98. The molecule has 1 aliphatic rings. The summed E-state index contributed by atoms with van der Waals surface area (Å²) < 4.78 is 0. The van der Waals surface area contributed by atoms with Gasteiger partial charge in [0.2, 0.25) is 0 Å². The molecule has 0 spiro atoms. The van der Waals surface area contributed by atoms with Crippen LogP contribution in [0, 0.1) is 11.3 Å². The second-order valence-electron chi connectivity index (χ2n) is 5.00. The van der Waals surface area contributed by atoms with Gasteiger partial charge in [-0.2, -0.15) is 0 Å². The lowest BCUT2D eigenvalue weighted by Gasteiger charge is -2.39. The van der Waals surface area contributed by atoms with Crippen LogP contribution in [0.5, 0.6) is 0 Å². The van der Waals surface area contributed by atoms with Crippen molar-refractivity contribution in [2.75, 3.05) is 0 Å². The van der Waals surface area contributed by atoms with Gasteiger partial charge >= 0.3 is 0 Å². The molecule has 1 fully saturated rings. The Morgan fingerprint density at radius 2 is 1.81 bits per heavy atom. The minimum absolute atomic E-state index is 0.0898. The molecule has 1 nitrogen and oxygen atoms in total. The van der Waals surface area contributed by atoms with Crippen molar-refractivity contribution in [3.05, 3.63) is 38.0 Å². The monoisotopic (exact) mass is 218 g/mol. The maximum Gasteiger partial charge on any atom is 0.133 e. The molecule has 0 aromatic heterocycles. The summed E-state index contributed by atoms with van der Waals surface area (Å²) in [5.74, 6) is 0.862. The summed E-state index contributed by atoms with van der Waals surface area (Å²) in [5.41, 5.74) is 0.0898. The molecule has 0 radical (unpaired) electrons. The van der Waals surface area contributed by atoms with E-state index in [2.05, 4.69) is 19.7 Å². The van der Waals surface area contributed by atoms with E-state index in [1.165, 1.54) is 0 Å². The molecule has 1 saturated carbocycles. The van der Waals surface area contributed by atoms with Gasteiger partial charge < -0.3 is 0 Å². The lowest BCUT2D eigenvalue weighted by atomic mass is 9.65. The van der Waals surface area contributed by atoms with Crippen molar-refractivity contribution in [2.24, 2.45) is 11.3 Å². The van der Waals surface area contributed by atoms with Gasteiger partial charge in [-0.15, -0.1) is 19.7 Å². The van der Waals surface area contributed by atoms with Gasteiger partial charge in [-0.3, -0.25) is 4.79 Å². The van der Waals surface area contributed by atoms with E-state index in [0.717, 1.165) is 32.1 Å². The predicted molar refractivity (Wildman–Crippen MR) is 69.2 cm³/mol. The van der Waals surface area contributed by atoms with Gasteiger partial charge in [0.25, 0.3) is 0 Å². The number of Topliss-reactive ketones (excluding diaryl/α,β-unsaturated/α-hetero) is 1. The summed E-state index contributed by atoms with van der Waals surface area (Å²) in [6.45, 7) is 11.4. The van der Waals surface area contributed by atoms with Crippen LogP contribution in [0.2, 0.25) is 0 Å². The summed E-state index contributed by atoms with van der Waals surface area (Å²) in [6.07, 6.45) is 11.1. The van der Waals surface area contributed by atoms with Crippen molar-refractivity contribution in [3.8, 4) is 0 Å². The molecular weight excluding hydrogens is 196 g/mol. The van der Waals surface area contributed by atoms with Crippen molar-refractivity contribution < 1.29 is 4.79 Å². The predicted octanol–water partition coefficient (Wildman–Crippen LogP) is 4.07. The zero-order valence-corrected chi connectivity index (χ0v) is 10.1. The van der Waals surface area contributed by atoms with E-state index in [9.17, 15) is 4.79 Å². The number of ketones is 1. The molecule has 88 valence electrons. The summed E-state index contributed by atoms with van der Waals surface area (Å²) in [5, 5.41) is 0. The molecule has 0 N–H and O–H groups in total. The van der Waals surface area contributed by atoms with E-state index in [4.69, 9.17) is 0 Å². The third-order valence-corrected chi connectivity index (χ3v) is 3.46. The minimum Gasteiger partial charge on any atom is -0.300 e. The van der Waals surface area contributed by atoms with Gasteiger partial charge in [0.05, 0.1) is 0 Å². The van der Waals surface area contributed by atoms with Crippen LogP contribution in [0.4, 0.5) is 0 Å². The Balaban J connectivity index is 2.80. The largest absolute Gasteiger partial charge is 0.300 e. The van der Waals surface area contributed by atoms with Crippen LogP contribution in [-0.4, -0.2) is 5.78 Å². The molecule has 0 amide bonds. The lowest BCUT2D eigenvalue weighted by molar-refractivity contribution is -0.125. The number of hydrogen-bond acceptors (Lipinski definition) is 1. The molecule has 1 unspecified atom stereocenters. The lowest BCUT2D eigenvalue weighted by Crippen LogP contribution is -2.33. The maximum atomic E-state index is 11.8. The average Bonchev–Trinajstić information content (AvgIpc) is 2.17. The van der Waals surface area contributed by atoms with Crippen LogP contribution >= 0.6 is 0 Å². The molecule has 0 bridgehead atoms. The number of carbonyl (C=O) groups is 1. The van der Waals surface area contributed by atoms with Crippen molar-refractivity contribution in [1.29, 1.82) is 0 Å². The summed E-state index contributed by atoms with van der Waals surface area (Å²) >= 11 is 0. The SMILES string of the molecule is C=CCC1CC(=O)CC(CC=C)(CC=C)C1. The van der Waals surface area contributed by atoms with E-state index in [-0.39, 0.29) is 5.41 Å². The van der Waals surface area contributed by atoms with Crippen LogP contribution in [0.1, 0.15) is 38.5 Å². The average molecular weight is 218 g/mol. The highest BCUT2D eigenvalue weighted by Crippen LogP contribution is 2.44. The van der Waals surface area contributed by atoms with Gasteiger partial charge in [-0.25, -0.2) is 0 Å². The van der Waals surface area contributed by atoms with E-state index in [0.29, 0.717) is 18.1 Å². The standard InChI is InChI=1S/C15H22O/c1-4-7-13-10-14(16)12-15(11-13,8-5-2)9-6-3/h4-6,13H,1-3,7-12H2. The van der Waals surface area contributed by atoms with Gasteiger partial charge in [0.15, 0.2) is 0 Å². The molecule has 0 aromatic rings. The van der Waals surface area contributed by atoms with E-state index >= 15 is 0 Å². The van der Waals surface area contributed by atoms with Gasteiger partial charge in [0, 0.05) is 12.8 Å². The highest BCUT2D eigenvalue weighted by Gasteiger charge is 2.37. The Bertz CT molecular complexity index is 278. The second-order valence-corrected chi connectivity index (χ2v) is 5.00. The van der Waals surface area contributed by atoms with Crippen LogP contribution in [-0.2, 0) is 4.79 Å². The van der Waals surface area contributed by atoms with Gasteiger partial charge in [0.1, 0.15) is 5.78 Å². The molecule has 1 aliphatic carbocycles. The van der Waals surface area contributed by atoms with Crippen LogP contribution in [0.3, 0.4) is 0 Å². The Labute approximate surface area is 98.9 Å². The minimum atomic E-state index is 0.0898. The molecule has 1 atom stereocenters. The van der Waals surface area contributed by atoms with E-state index in [1.807, 2.05) is 18.2 Å². The molecular formula is C15H22O. The maximum absolute atomic E-state index is 11.8. The number of hydrogen-bond donors (Lipinski definition) is 0. The van der Waals surface area contributed by atoms with Gasteiger partial charge in [-0.1, -0.05) is 18.2 Å². The fourth-order valence-corrected chi connectivity index (χ4v) is 2.98. The Morgan fingerprint density at radius 1 is 1.19 bits per heavy atom. The summed E-state index contributed by atoms with van der Waals surface area (Å²) in [7, 11) is 0. The number of rotatable bonds is 6. The zero-order chi connectivity index (χ0) is 12.0. The highest BCUT2D eigenvalue weighted by molar-refractivity contribution is 5.80. The first kappa shape index (κ1) is 13.0. The number of carbonyl (C=O) groups excluding carboxylic acids is 1.